The van der Waals surface area contributed by atoms with E-state index in [1.165, 1.54) is 0 Å². The molecule has 0 bridgehead atoms. The molecule has 1 fully saturated rings. The molecule has 0 aliphatic carbocycles. The number of hydrogen-bond donors (Lipinski definition) is 2. The van der Waals surface area contributed by atoms with Gasteiger partial charge >= 0.3 is 5.97 Å². The van der Waals surface area contributed by atoms with Crippen molar-refractivity contribution >= 4 is 5.97 Å². The highest BCUT2D eigenvalue weighted by atomic mass is 16.4. The van der Waals surface area contributed by atoms with Crippen molar-refractivity contribution in [3.05, 3.63) is 0 Å². The Morgan fingerprint density at radius 1 is 1.83 bits per heavy atom. The monoisotopic (exact) mass is 172 g/mol. The van der Waals surface area contributed by atoms with Gasteiger partial charge in [0.25, 0.3) is 0 Å². The van der Waals surface area contributed by atoms with Crippen LogP contribution in [0.15, 0.2) is 0 Å². The van der Waals surface area contributed by atoms with Crippen molar-refractivity contribution in [2.24, 2.45) is 5.73 Å². The molecule has 1 saturated heterocycles. The molecule has 12 heavy (non-hydrogen) atoms. The van der Waals surface area contributed by atoms with Crippen LogP contribution in [0.3, 0.4) is 0 Å². The van der Waals surface area contributed by atoms with E-state index in [1.54, 1.807) is 0 Å². The summed E-state index contributed by atoms with van der Waals surface area (Å²) in [5, 5.41) is 8.58. The summed E-state index contributed by atoms with van der Waals surface area (Å²) in [6.45, 7) is 3.58. The molecular formula is C8H16N2O2. The van der Waals surface area contributed by atoms with Crippen molar-refractivity contribution in [3.63, 3.8) is 0 Å². The van der Waals surface area contributed by atoms with Crippen LogP contribution in [0, 0.1) is 0 Å². The van der Waals surface area contributed by atoms with E-state index in [1.807, 2.05) is 0 Å². The lowest BCUT2D eigenvalue weighted by atomic mass is 10.2. The number of likely N-dealkylation sites (tertiary alicyclic amines) is 1. The van der Waals surface area contributed by atoms with Gasteiger partial charge in [-0.3, -0.25) is 9.69 Å². The first kappa shape index (κ1) is 9.48. The molecule has 0 radical (unpaired) electrons. The van der Waals surface area contributed by atoms with E-state index in [0.717, 1.165) is 19.4 Å². The van der Waals surface area contributed by atoms with Crippen molar-refractivity contribution in [2.75, 3.05) is 13.1 Å². The molecule has 4 heteroatoms. The fourth-order valence-corrected chi connectivity index (χ4v) is 1.59. The predicted octanol–water partition coefficient (Wildman–Crippen LogP) is -0.117. The van der Waals surface area contributed by atoms with Crippen LogP contribution in [0.2, 0.25) is 0 Å². The maximum Gasteiger partial charge on any atom is 0.321 e. The van der Waals surface area contributed by atoms with E-state index < -0.39 is 12.0 Å². The number of carboxylic acids is 1. The minimum atomic E-state index is -0.908. The molecule has 0 saturated carbocycles. The van der Waals surface area contributed by atoms with Crippen molar-refractivity contribution < 1.29 is 9.90 Å². The second-order valence-electron chi connectivity index (χ2n) is 3.43. The Hall–Kier alpha value is -0.610. The minimum Gasteiger partial charge on any atom is -0.480 e. The van der Waals surface area contributed by atoms with E-state index in [-0.39, 0.29) is 0 Å². The summed E-state index contributed by atoms with van der Waals surface area (Å²) in [5.41, 5.74) is 5.42. The Balaban J connectivity index is 2.35. The highest BCUT2D eigenvalue weighted by molar-refractivity contribution is 5.73. The maximum absolute atomic E-state index is 10.4. The van der Waals surface area contributed by atoms with Crippen molar-refractivity contribution in [1.29, 1.82) is 0 Å². The second-order valence-corrected chi connectivity index (χ2v) is 3.43. The molecule has 0 aromatic rings. The zero-order chi connectivity index (χ0) is 9.14. The third-order valence-corrected chi connectivity index (χ3v) is 2.44. The fourth-order valence-electron chi connectivity index (χ4n) is 1.59. The maximum atomic E-state index is 10.4. The molecule has 1 heterocycles. The molecule has 0 aromatic heterocycles. The molecule has 1 aliphatic rings. The third-order valence-electron chi connectivity index (χ3n) is 2.44. The van der Waals surface area contributed by atoms with Gasteiger partial charge in [-0.15, -0.1) is 0 Å². The first-order valence-corrected chi connectivity index (χ1v) is 4.33. The van der Waals surface area contributed by atoms with Gasteiger partial charge in [-0.05, 0) is 26.3 Å². The average molecular weight is 172 g/mol. The van der Waals surface area contributed by atoms with E-state index in [2.05, 4.69) is 11.8 Å². The summed E-state index contributed by atoms with van der Waals surface area (Å²) in [5.74, 6) is -0.908. The van der Waals surface area contributed by atoms with E-state index in [9.17, 15) is 4.79 Å². The molecule has 4 nitrogen and oxygen atoms in total. The topological polar surface area (TPSA) is 66.6 Å². The molecule has 1 rings (SSSR count). The quantitative estimate of drug-likeness (QED) is 0.623. The van der Waals surface area contributed by atoms with E-state index in [4.69, 9.17) is 10.8 Å². The molecule has 3 N–H and O–H groups in total. The predicted molar refractivity (Wildman–Crippen MR) is 45.9 cm³/mol. The van der Waals surface area contributed by atoms with Gasteiger partial charge in [0, 0.05) is 12.6 Å². The van der Waals surface area contributed by atoms with Crippen molar-refractivity contribution in [1.82, 2.24) is 4.90 Å². The van der Waals surface area contributed by atoms with Gasteiger partial charge < -0.3 is 10.8 Å². The lowest BCUT2D eigenvalue weighted by molar-refractivity contribution is -0.139. The molecule has 2 atom stereocenters. The molecule has 70 valence electrons. The summed E-state index contributed by atoms with van der Waals surface area (Å²) in [7, 11) is 0. The van der Waals surface area contributed by atoms with Gasteiger partial charge in [0.2, 0.25) is 0 Å². The number of nitrogens with two attached hydrogens (primary N) is 1. The van der Waals surface area contributed by atoms with Crippen molar-refractivity contribution in [3.8, 4) is 0 Å². The average Bonchev–Trinajstić information content (AvgIpc) is 2.36. The summed E-state index contributed by atoms with van der Waals surface area (Å²) >= 11 is 0. The van der Waals surface area contributed by atoms with Gasteiger partial charge in [0.1, 0.15) is 6.04 Å². The lowest BCUT2D eigenvalue weighted by Crippen LogP contribution is -2.43. The van der Waals surface area contributed by atoms with Crippen LogP contribution in [0.1, 0.15) is 19.8 Å². The van der Waals surface area contributed by atoms with Gasteiger partial charge in [0.05, 0.1) is 0 Å². The SMILES string of the molecule is CC1CCCN1CC(N)C(=O)O. The smallest absolute Gasteiger partial charge is 0.321 e. The van der Waals surface area contributed by atoms with E-state index >= 15 is 0 Å². The summed E-state index contributed by atoms with van der Waals surface area (Å²) < 4.78 is 0. The largest absolute Gasteiger partial charge is 0.480 e. The van der Waals surface area contributed by atoms with Gasteiger partial charge in [-0.2, -0.15) is 0 Å². The minimum absolute atomic E-state index is 0.483. The summed E-state index contributed by atoms with van der Waals surface area (Å²) in [4.78, 5) is 12.6. The number of nitrogens with zero attached hydrogens (tertiary/aromatic N) is 1. The molecule has 0 amide bonds. The van der Waals surface area contributed by atoms with Gasteiger partial charge in [-0.1, -0.05) is 0 Å². The van der Waals surface area contributed by atoms with Crippen LogP contribution in [-0.2, 0) is 4.79 Å². The Labute approximate surface area is 72.3 Å². The van der Waals surface area contributed by atoms with Crippen molar-refractivity contribution in [2.45, 2.75) is 31.8 Å². The Bertz CT molecular complexity index is 172. The van der Waals surface area contributed by atoms with Gasteiger partial charge in [0.15, 0.2) is 0 Å². The lowest BCUT2D eigenvalue weighted by Gasteiger charge is -2.22. The first-order valence-electron chi connectivity index (χ1n) is 4.33. The zero-order valence-corrected chi connectivity index (χ0v) is 7.36. The highest BCUT2D eigenvalue weighted by Gasteiger charge is 2.24. The van der Waals surface area contributed by atoms with Crippen LogP contribution in [0.4, 0.5) is 0 Å². The number of carboxylic acid groups (broad SMARTS) is 1. The molecule has 2 unspecified atom stereocenters. The number of aliphatic carboxylic acids is 1. The number of carbonyl (C=O) groups is 1. The zero-order valence-electron chi connectivity index (χ0n) is 7.36. The molecular weight excluding hydrogens is 156 g/mol. The van der Waals surface area contributed by atoms with Crippen LogP contribution < -0.4 is 5.73 Å². The fraction of sp³-hybridized carbons (Fsp3) is 0.875. The first-order chi connectivity index (χ1) is 5.61. The number of hydrogen-bond acceptors (Lipinski definition) is 3. The molecule has 1 aliphatic heterocycles. The van der Waals surface area contributed by atoms with Gasteiger partial charge in [-0.25, -0.2) is 0 Å². The Kier molecular flexibility index (Phi) is 3.05. The van der Waals surface area contributed by atoms with Crippen LogP contribution in [0.25, 0.3) is 0 Å². The normalized spacial score (nSPS) is 27.3. The summed E-state index contributed by atoms with van der Waals surface area (Å²) in [6, 6.07) is -0.235. The standard InChI is InChI=1S/C8H16N2O2/c1-6-3-2-4-10(6)5-7(9)8(11)12/h6-7H,2-5,9H2,1H3,(H,11,12). The van der Waals surface area contributed by atoms with Crippen LogP contribution >= 0.6 is 0 Å². The second kappa shape index (κ2) is 3.87. The highest BCUT2D eigenvalue weighted by Crippen LogP contribution is 2.15. The Morgan fingerprint density at radius 2 is 2.50 bits per heavy atom. The number of rotatable bonds is 3. The third kappa shape index (κ3) is 2.19. The van der Waals surface area contributed by atoms with E-state index in [0.29, 0.717) is 12.6 Å². The van der Waals surface area contributed by atoms with Crippen LogP contribution in [-0.4, -0.2) is 41.1 Å². The molecule has 0 spiro atoms. The molecule has 0 aromatic carbocycles. The van der Waals surface area contributed by atoms with Crippen LogP contribution in [0.5, 0.6) is 0 Å². The Morgan fingerprint density at radius 3 is 2.92 bits per heavy atom. The summed E-state index contributed by atoms with van der Waals surface area (Å²) in [6.07, 6.45) is 2.32.